The molecular formula is C8H11. The van der Waals surface area contributed by atoms with Crippen molar-refractivity contribution >= 4 is 0 Å². The number of allylic oxidation sites excluding steroid dienone is 4. The van der Waals surface area contributed by atoms with Gasteiger partial charge in [0, 0.05) is 0 Å². The fraction of sp³-hybridized carbons (Fsp3) is 0.375. The zero-order valence-electron chi connectivity index (χ0n) is 5.22. The van der Waals surface area contributed by atoms with Crippen molar-refractivity contribution in [1.82, 2.24) is 0 Å². The highest BCUT2D eigenvalue weighted by Crippen LogP contribution is 2.12. The minimum absolute atomic E-state index is 1.12. The van der Waals surface area contributed by atoms with Crippen molar-refractivity contribution in [2.24, 2.45) is 0 Å². The third-order valence-electron chi connectivity index (χ3n) is 1.41. The van der Waals surface area contributed by atoms with Crippen LogP contribution in [0.4, 0.5) is 0 Å². The van der Waals surface area contributed by atoms with Crippen LogP contribution in [0.25, 0.3) is 0 Å². The third kappa shape index (κ3) is 1.22. The van der Waals surface area contributed by atoms with E-state index in [9.17, 15) is 0 Å². The van der Waals surface area contributed by atoms with Crippen molar-refractivity contribution < 1.29 is 0 Å². The zero-order valence-corrected chi connectivity index (χ0v) is 5.22. The van der Waals surface area contributed by atoms with Gasteiger partial charge in [-0.25, -0.2) is 0 Å². The smallest absolute Gasteiger partial charge is 0.0136 e. The van der Waals surface area contributed by atoms with Gasteiger partial charge in [-0.3, -0.25) is 0 Å². The van der Waals surface area contributed by atoms with Crippen LogP contribution in [-0.2, 0) is 0 Å². The summed E-state index contributed by atoms with van der Waals surface area (Å²) in [7, 11) is 0. The van der Waals surface area contributed by atoms with Gasteiger partial charge in [-0.2, -0.15) is 0 Å². The standard InChI is InChI=1S/C8H11/c1-2-8-6-4-3-5-7-8/h2-4,7H,5-6H2,1H3. The molecule has 43 valence electrons. The van der Waals surface area contributed by atoms with Crippen LogP contribution in [0.15, 0.2) is 23.8 Å². The van der Waals surface area contributed by atoms with E-state index in [2.05, 4.69) is 31.6 Å². The summed E-state index contributed by atoms with van der Waals surface area (Å²) in [5.74, 6) is 0. The lowest BCUT2D eigenvalue weighted by molar-refractivity contribution is 1.12. The average molecular weight is 107 g/mol. The molecule has 0 aromatic carbocycles. The molecule has 1 radical (unpaired) electrons. The molecule has 1 rings (SSSR count). The second-order valence-electron chi connectivity index (χ2n) is 1.98. The van der Waals surface area contributed by atoms with Gasteiger partial charge in [0.25, 0.3) is 0 Å². The van der Waals surface area contributed by atoms with E-state index in [4.69, 9.17) is 0 Å². The van der Waals surface area contributed by atoms with Gasteiger partial charge in [-0.1, -0.05) is 30.7 Å². The summed E-state index contributed by atoms with van der Waals surface area (Å²) in [5.41, 5.74) is 1.47. The molecule has 0 bridgehead atoms. The quantitative estimate of drug-likeness (QED) is 0.451. The van der Waals surface area contributed by atoms with Crippen LogP contribution in [0.5, 0.6) is 0 Å². The molecule has 1 aliphatic carbocycles. The van der Waals surface area contributed by atoms with Crippen LogP contribution in [0.1, 0.15) is 19.8 Å². The van der Waals surface area contributed by atoms with Gasteiger partial charge in [-0.05, 0) is 19.3 Å². The van der Waals surface area contributed by atoms with Crippen molar-refractivity contribution in [2.45, 2.75) is 19.8 Å². The van der Waals surface area contributed by atoms with E-state index in [1.807, 2.05) is 0 Å². The molecule has 0 aliphatic heterocycles. The van der Waals surface area contributed by atoms with Crippen LogP contribution in [0, 0.1) is 6.42 Å². The topological polar surface area (TPSA) is 0 Å². The first-order valence-electron chi connectivity index (χ1n) is 3.07. The molecule has 0 aromatic heterocycles. The van der Waals surface area contributed by atoms with E-state index in [1.165, 1.54) is 5.57 Å². The maximum absolute atomic E-state index is 2.26. The Kier molecular flexibility index (Phi) is 1.90. The maximum Gasteiger partial charge on any atom is -0.0136 e. The zero-order chi connectivity index (χ0) is 5.82. The monoisotopic (exact) mass is 107 g/mol. The molecule has 0 nitrogen and oxygen atoms in total. The van der Waals surface area contributed by atoms with Crippen LogP contribution >= 0.6 is 0 Å². The fourth-order valence-corrected chi connectivity index (χ4v) is 0.854. The van der Waals surface area contributed by atoms with E-state index in [0.717, 1.165) is 12.8 Å². The first kappa shape index (κ1) is 5.61. The van der Waals surface area contributed by atoms with Crippen molar-refractivity contribution in [3.05, 3.63) is 30.2 Å². The second-order valence-corrected chi connectivity index (χ2v) is 1.98. The van der Waals surface area contributed by atoms with Crippen LogP contribution < -0.4 is 0 Å². The highest BCUT2D eigenvalue weighted by molar-refractivity contribution is 5.20. The normalized spacial score (nSPS) is 18.4. The molecule has 0 spiro atoms. The Labute approximate surface area is 50.9 Å². The molecule has 0 amide bonds. The summed E-state index contributed by atoms with van der Waals surface area (Å²) >= 11 is 0. The van der Waals surface area contributed by atoms with Gasteiger partial charge < -0.3 is 0 Å². The van der Waals surface area contributed by atoms with Crippen LogP contribution in [-0.4, -0.2) is 0 Å². The highest BCUT2D eigenvalue weighted by atomic mass is 14.0. The van der Waals surface area contributed by atoms with E-state index >= 15 is 0 Å². The van der Waals surface area contributed by atoms with Crippen LogP contribution in [0.2, 0.25) is 0 Å². The van der Waals surface area contributed by atoms with Gasteiger partial charge in [0.1, 0.15) is 0 Å². The molecule has 0 heteroatoms. The Hall–Kier alpha value is -0.520. The van der Waals surface area contributed by atoms with Crippen molar-refractivity contribution in [3.8, 4) is 0 Å². The molecule has 0 heterocycles. The molecule has 0 aromatic rings. The Bertz CT molecular complexity index is 118. The molecule has 0 saturated carbocycles. The molecule has 8 heavy (non-hydrogen) atoms. The second kappa shape index (κ2) is 2.71. The van der Waals surface area contributed by atoms with Crippen molar-refractivity contribution in [2.75, 3.05) is 0 Å². The van der Waals surface area contributed by atoms with Gasteiger partial charge in [-0.15, -0.1) is 0 Å². The molecular weight excluding hydrogens is 96.1 g/mol. The predicted molar refractivity (Wildman–Crippen MR) is 36.4 cm³/mol. The van der Waals surface area contributed by atoms with E-state index in [-0.39, 0.29) is 0 Å². The summed E-state index contributed by atoms with van der Waals surface area (Å²) in [6.45, 7) is 2.09. The molecule has 0 saturated heterocycles. The minimum Gasteiger partial charge on any atom is -0.0844 e. The largest absolute Gasteiger partial charge is 0.0844 e. The summed E-state index contributed by atoms with van der Waals surface area (Å²) in [6.07, 6.45) is 11.1. The fourth-order valence-electron chi connectivity index (χ4n) is 0.854. The third-order valence-corrected chi connectivity index (χ3v) is 1.41. The van der Waals surface area contributed by atoms with Gasteiger partial charge in [0.05, 0.1) is 0 Å². The van der Waals surface area contributed by atoms with Gasteiger partial charge >= 0.3 is 0 Å². The Morgan fingerprint density at radius 2 is 2.38 bits per heavy atom. The number of hydrogen-bond acceptors (Lipinski definition) is 0. The van der Waals surface area contributed by atoms with Crippen molar-refractivity contribution in [1.29, 1.82) is 0 Å². The van der Waals surface area contributed by atoms with E-state index < -0.39 is 0 Å². The van der Waals surface area contributed by atoms with Crippen molar-refractivity contribution in [3.63, 3.8) is 0 Å². The molecule has 0 atom stereocenters. The number of rotatable bonds is 1. The average Bonchev–Trinajstić information content (AvgIpc) is 1.90. The summed E-state index contributed by atoms with van der Waals surface area (Å²) < 4.78 is 0. The van der Waals surface area contributed by atoms with Crippen LogP contribution in [0.3, 0.4) is 0 Å². The maximum atomic E-state index is 2.26. The highest BCUT2D eigenvalue weighted by Gasteiger charge is 1.92. The predicted octanol–water partition coefficient (Wildman–Crippen LogP) is 2.49. The van der Waals surface area contributed by atoms with Gasteiger partial charge in [0.15, 0.2) is 0 Å². The van der Waals surface area contributed by atoms with E-state index in [0.29, 0.717) is 0 Å². The SMILES string of the molecule is C[CH]C1=CCC=CC1. The molecule has 0 unspecified atom stereocenters. The molecule has 0 fully saturated rings. The number of hydrogen-bond donors (Lipinski definition) is 0. The first-order chi connectivity index (χ1) is 3.93. The molecule has 1 aliphatic rings. The summed E-state index contributed by atoms with van der Waals surface area (Å²) in [6, 6.07) is 0. The Morgan fingerprint density at radius 3 is 2.75 bits per heavy atom. The first-order valence-corrected chi connectivity index (χ1v) is 3.07. The van der Waals surface area contributed by atoms with Gasteiger partial charge in [0.2, 0.25) is 0 Å². The lowest BCUT2D eigenvalue weighted by atomic mass is 10.0. The lowest BCUT2D eigenvalue weighted by Gasteiger charge is -2.02. The summed E-state index contributed by atoms with van der Waals surface area (Å²) in [5, 5.41) is 0. The summed E-state index contributed by atoms with van der Waals surface area (Å²) in [4.78, 5) is 0. The minimum atomic E-state index is 1.12. The molecule has 0 N–H and O–H groups in total. The Balaban J connectivity index is 2.43. The Morgan fingerprint density at radius 1 is 1.50 bits per heavy atom. The van der Waals surface area contributed by atoms with E-state index in [1.54, 1.807) is 0 Å². The lowest BCUT2D eigenvalue weighted by Crippen LogP contribution is -1.83.